The first-order valence-corrected chi connectivity index (χ1v) is 13.8. The van der Waals surface area contributed by atoms with Crippen LogP contribution in [0.5, 0.6) is 0 Å². The van der Waals surface area contributed by atoms with E-state index in [1.54, 1.807) is 6.08 Å². The topological polar surface area (TPSA) is 121 Å². The van der Waals surface area contributed by atoms with Crippen molar-refractivity contribution >= 4 is 16.7 Å². The van der Waals surface area contributed by atoms with E-state index in [1.165, 1.54) is 10.9 Å². The second-order valence-corrected chi connectivity index (χ2v) is 13.0. The van der Waals surface area contributed by atoms with Crippen molar-refractivity contribution in [3.63, 3.8) is 0 Å². The van der Waals surface area contributed by atoms with Gasteiger partial charge in [0.25, 0.3) is 0 Å². The highest BCUT2D eigenvalue weighted by molar-refractivity contribution is 5.97. The summed E-state index contributed by atoms with van der Waals surface area (Å²) in [4.78, 5) is 17.1. The van der Waals surface area contributed by atoms with Gasteiger partial charge in [-0.15, -0.1) is 0 Å². The third kappa shape index (κ3) is 2.74. The van der Waals surface area contributed by atoms with Crippen LogP contribution in [0.3, 0.4) is 0 Å². The number of H-pyrrole nitrogens is 1. The zero-order valence-electron chi connectivity index (χ0n) is 22.4. The Morgan fingerprint density at radius 1 is 1.18 bits per heavy atom. The molecule has 3 heterocycles. The van der Waals surface area contributed by atoms with E-state index in [4.69, 9.17) is 14.2 Å². The van der Waals surface area contributed by atoms with Gasteiger partial charge in [0, 0.05) is 39.4 Å². The number of fused-ring (bicyclic) bond motifs is 9. The smallest absolute Gasteiger partial charge is 0.195 e. The molecule has 1 aromatic heterocycles. The lowest BCUT2D eigenvalue weighted by molar-refractivity contribution is -0.282. The fourth-order valence-corrected chi connectivity index (χ4v) is 8.87. The van der Waals surface area contributed by atoms with Crippen LogP contribution in [0.2, 0.25) is 0 Å². The number of aliphatic hydroxyl groups is 3. The average Bonchev–Trinajstić information content (AvgIpc) is 3.47. The zero-order valence-corrected chi connectivity index (χ0v) is 22.4. The van der Waals surface area contributed by atoms with Crippen LogP contribution in [-0.2, 0) is 30.8 Å². The summed E-state index contributed by atoms with van der Waals surface area (Å²) >= 11 is 0. The third-order valence-electron chi connectivity index (χ3n) is 10.9. The van der Waals surface area contributed by atoms with Crippen LogP contribution in [-0.4, -0.2) is 74.6 Å². The minimum Gasteiger partial charge on any atom is -0.394 e. The summed E-state index contributed by atoms with van der Waals surface area (Å²) in [5.41, 5.74) is 0.265. The molecule has 4 N–H and O–H groups in total. The van der Waals surface area contributed by atoms with Gasteiger partial charge in [-0.1, -0.05) is 32.0 Å². The van der Waals surface area contributed by atoms with E-state index < -0.39 is 52.7 Å². The number of nitrogens with one attached hydrogen (secondary N) is 1. The van der Waals surface area contributed by atoms with Gasteiger partial charge in [0.15, 0.2) is 17.7 Å². The van der Waals surface area contributed by atoms with Crippen LogP contribution in [0, 0.1) is 11.3 Å². The maximum Gasteiger partial charge on any atom is 0.195 e. The first kappa shape index (κ1) is 24.9. The number of hydrogen-bond donors (Lipinski definition) is 4. The predicted molar refractivity (Wildman–Crippen MR) is 138 cm³/mol. The Hall–Kier alpha value is -2.07. The SMILES string of the molecule is CC1(C)O[C@@]23CCC4(C)[C@@]5(C)c6[nH]c7ccccc7c6C[C@@H]5C[C@H](OCC(O)CO)[C@@]4(O)C2=CC(=O)C1O3. The molecule has 38 heavy (non-hydrogen) atoms. The summed E-state index contributed by atoms with van der Waals surface area (Å²) in [6.45, 7) is 7.51. The van der Waals surface area contributed by atoms with Crippen LogP contribution in [0.4, 0.5) is 0 Å². The fraction of sp³-hybridized carbons (Fsp3) is 0.633. The molecule has 3 fully saturated rings. The Labute approximate surface area is 222 Å². The van der Waals surface area contributed by atoms with Gasteiger partial charge in [0.1, 0.15) is 17.3 Å². The molecule has 0 amide bonds. The van der Waals surface area contributed by atoms with Crippen LogP contribution < -0.4 is 0 Å². The summed E-state index contributed by atoms with van der Waals surface area (Å²) in [5.74, 6) is -1.26. The maximum atomic E-state index is 13.4. The number of carbonyl (C=O) groups excluding carboxylic acids is 1. The van der Waals surface area contributed by atoms with Gasteiger partial charge in [0.05, 0.1) is 19.3 Å². The average molecular weight is 524 g/mol. The van der Waals surface area contributed by atoms with Gasteiger partial charge in [-0.25, -0.2) is 0 Å². The number of ether oxygens (including phenoxy) is 3. The second-order valence-electron chi connectivity index (χ2n) is 13.0. The van der Waals surface area contributed by atoms with Gasteiger partial charge in [-0.05, 0) is 56.7 Å². The predicted octanol–water partition coefficient (Wildman–Crippen LogP) is 2.67. The number of aromatic amines is 1. The fourth-order valence-electron chi connectivity index (χ4n) is 8.87. The number of carbonyl (C=O) groups is 1. The highest BCUT2D eigenvalue weighted by Gasteiger charge is 2.78. The molecular formula is C30H37NO7. The second kappa shape index (κ2) is 7.56. The number of aliphatic hydroxyl groups excluding tert-OH is 2. The summed E-state index contributed by atoms with van der Waals surface area (Å²) in [6, 6.07) is 8.31. The van der Waals surface area contributed by atoms with Crippen molar-refractivity contribution in [2.45, 2.75) is 94.1 Å². The molecule has 204 valence electrons. The molecule has 1 aromatic carbocycles. The van der Waals surface area contributed by atoms with Gasteiger partial charge < -0.3 is 34.5 Å². The Kier molecular flexibility index (Phi) is 4.96. The lowest BCUT2D eigenvalue weighted by Gasteiger charge is -2.67. The van der Waals surface area contributed by atoms with E-state index in [-0.39, 0.29) is 18.3 Å². The van der Waals surface area contributed by atoms with Gasteiger partial charge >= 0.3 is 0 Å². The summed E-state index contributed by atoms with van der Waals surface area (Å²) in [7, 11) is 0. The molecule has 8 atom stereocenters. The molecule has 2 aliphatic heterocycles. The molecule has 7 rings (SSSR count). The first-order chi connectivity index (χ1) is 17.9. The molecule has 3 aliphatic carbocycles. The summed E-state index contributed by atoms with van der Waals surface area (Å²) in [6.07, 6.45) is 1.49. The number of aromatic nitrogens is 1. The molecule has 8 heteroatoms. The van der Waals surface area contributed by atoms with E-state index in [9.17, 15) is 20.1 Å². The molecule has 2 aromatic rings. The van der Waals surface area contributed by atoms with E-state index >= 15 is 0 Å². The van der Waals surface area contributed by atoms with Crippen molar-refractivity contribution in [3.05, 3.63) is 47.2 Å². The lowest BCUT2D eigenvalue weighted by atomic mass is 9.41. The number of hydrogen-bond acceptors (Lipinski definition) is 7. The third-order valence-corrected chi connectivity index (χ3v) is 10.9. The van der Waals surface area contributed by atoms with Gasteiger partial charge in [0.2, 0.25) is 0 Å². The van der Waals surface area contributed by atoms with Crippen LogP contribution in [0.15, 0.2) is 35.9 Å². The van der Waals surface area contributed by atoms with E-state index in [2.05, 4.69) is 37.0 Å². The minimum atomic E-state index is -1.62. The molecule has 5 aliphatic rings. The quantitative estimate of drug-likeness (QED) is 0.486. The van der Waals surface area contributed by atoms with Gasteiger partial charge in [-0.2, -0.15) is 0 Å². The van der Waals surface area contributed by atoms with E-state index in [1.807, 2.05) is 19.9 Å². The van der Waals surface area contributed by atoms with Crippen molar-refractivity contribution in [1.29, 1.82) is 0 Å². The molecule has 1 spiro atoms. The standard InChI is InChI=1S/C30H37NO7/c1-26(2)25-21(34)13-22-29(37-25,38-26)10-9-27(3)28(4)16(12-23(30(22,27)35)36-15-17(33)14-32)11-19-18-7-5-6-8-20(18)31-24(19)28/h5-8,13,16-17,23,25,31-33,35H,9-12,14-15H2,1-4H3/t16-,17?,23+,25?,27?,28-,29+,30+/m1/s1. The van der Waals surface area contributed by atoms with Crippen molar-refractivity contribution in [2.24, 2.45) is 11.3 Å². The molecular weight excluding hydrogens is 486 g/mol. The highest BCUT2D eigenvalue weighted by atomic mass is 16.8. The Bertz CT molecular complexity index is 1380. The molecule has 2 bridgehead atoms. The largest absolute Gasteiger partial charge is 0.394 e. The molecule has 2 saturated carbocycles. The Morgan fingerprint density at radius 2 is 1.95 bits per heavy atom. The van der Waals surface area contributed by atoms with Crippen LogP contribution in [0.25, 0.3) is 10.9 Å². The number of ketones is 1. The Balaban J connectivity index is 1.43. The monoisotopic (exact) mass is 523 g/mol. The number of rotatable bonds is 4. The summed E-state index contributed by atoms with van der Waals surface area (Å²) in [5, 5.41) is 34.0. The van der Waals surface area contributed by atoms with Gasteiger partial charge in [-0.3, -0.25) is 4.79 Å². The van der Waals surface area contributed by atoms with Crippen molar-refractivity contribution in [3.8, 4) is 0 Å². The molecule has 1 saturated heterocycles. The zero-order chi connectivity index (χ0) is 26.9. The van der Waals surface area contributed by atoms with Crippen LogP contribution in [0.1, 0.15) is 58.2 Å². The van der Waals surface area contributed by atoms with Crippen molar-refractivity contribution in [1.82, 2.24) is 4.98 Å². The van der Waals surface area contributed by atoms with Crippen LogP contribution >= 0.6 is 0 Å². The number of benzene rings is 1. The molecule has 3 unspecified atom stereocenters. The minimum absolute atomic E-state index is 0.124. The highest BCUT2D eigenvalue weighted by Crippen LogP contribution is 2.72. The Morgan fingerprint density at radius 3 is 2.71 bits per heavy atom. The molecule has 8 nitrogen and oxygen atoms in total. The maximum absolute atomic E-state index is 13.4. The van der Waals surface area contributed by atoms with Crippen molar-refractivity contribution in [2.75, 3.05) is 13.2 Å². The first-order valence-electron chi connectivity index (χ1n) is 13.8. The van der Waals surface area contributed by atoms with E-state index in [0.717, 1.165) is 17.6 Å². The lowest BCUT2D eigenvalue weighted by Crippen LogP contribution is -2.75. The summed E-state index contributed by atoms with van der Waals surface area (Å²) < 4.78 is 19.2. The van der Waals surface area contributed by atoms with Crippen molar-refractivity contribution < 1.29 is 34.3 Å². The molecule has 0 radical (unpaired) electrons. The number of para-hydroxylation sites is 1. The van der Waals surface area contributed by atoms with E-state index in [0.29, 0.717) is 24.8 Å². The normalized spacial score (nSPS) is 43.3.